The molecule has 1 aromatic carbocycles. The number of rotatable bonds is 4. The van der Waals surface area contributed by atoms with Crippen LogP contribution in [0.2, 0.25) is 0 Å². The molecule has 1 fully saturated rings. The van der Waals surface area contributed by atoms with Crippen LogP contribution in [0.5, 0.6) is 0 Å². The molecule has 1 saturated heterocycles. The predicted molar refractivity (Wildman–Crippen MR) is 96.6 cm³/mol. The smallest absolute Gasteiger partial charge is 0.254 e. The molecule has 0 saturated carbocycles. The summed E-state index contributed by atoms with van der Waals surface area (Å²) in [6.45, 7) is 3.63. The van der Waals surface area contributed by atoms with Gasteiger partial charge in [-0.1, -0.05) is 15.9 Å². The van der Waals surface area contributed by atoms with Crippen molar-refractivity contribution in [2.24, 2.45) is 0 Å². The van der Waals surface area contributed by atoms with E-state index in [-0.39, 0.29) is 18.3 Å². The highest BCUT2D eigenvalue weighted by Crippen LogP contribution is 2.17. The topological polar surface area (TPSA) is 59.0 Å². The molecule has 0 radical (unpaired) electrons. The summed E-state index contributed by atoms with van der Waals surface area (Å²) in [6, 6.07) is 8.25. The number of hydrogen-bond acceptors (Lipinski definition) is 3. The first-order valence-corrected chi connectivity index (χ1v) is 8.26. The zero-order valence-electron chi connectivity index (χ0n) is 12.9. The first-order chi connectivity index (χ1) is 10.6. The molecule has 1 aliphatic heterocycles. The summed E-state index contributed by atoms with van der Waals surface area (Å²) < 4.78 is 2.80. The number of halogens is 2. The van der Waals surface area contributed by atoms with Gasteiger partial charge in [0.25, 0.3) is 5.91 Å². The van der Waals surface area contributed by atoms with E-state index in [9.17, 15) is 4.79 Å². The van der Waals surface area contributed by atoms with Gasteiger partial charge in [-0.2, -0.15) is 5.10 Å². The third-order valence-electron chi connectivity index (χ3n) is 4.00. The molecule has 1 amide bonds. The van der Waals surface area contributed by atoms with E-state index in [4.69, 9.17) is 0 Å². The Bertz CT molecular complexity index is 665. The standard InChI is InChI=1S/C16H19BrN4O.ClH/c1-11-15(16(22)19-9-13-3-2-8-18-13)10-20-21(11)14-6-4-12(17)5-7-14;/h4-7,10,13,18H,2-3,8-9H2,1H3,(H,19,22);1H. The van der Waals surface area contributed by atoms with E-state index in [0.29, 0.717) is 18.2 Å². The van der Waals surface area contributed by atoms with Crippen molar-refractivity contribution in [2.45, 2.75) is 25.8 Å². The molecule has 7 heteroatoms. The fourth-order valence-electron chi connectivity index (χ4n) is 2.72. The van der Waals surface area contributed by atoms with Crippen LogP contribution in [0, 0.1) is 6.92 Å². The van der Waals surface area contributed by atoms with Gasteiger partial charge in [-0.05, 0) is 50.6 Å². The van der Waals surface area contributed by atoms with Crippen LogP contribution in [-0.4, -0.2) is 34.8 Å². The second-order valence-corrected chi connectivity index (χ2v) is 6.45. The van der Waals surface area contributed by atoms with Crippen LogP contribution in [0.3, 0.4) is 0 Å². The van der Waals surface area contributed by atoms with Gasteiger partial charge >= 0.3 is 0 Å². The second-order valence-electron chi connectivity index (χ2n) is 5.54. The normalized spacial score (nSPS) is 16.9. The molecule has 124 valence electrons. The van der Waals surface area contributed by atoms with E-state index in [2.05, 4.69) is 31.7 Å². The minimum absolute atomic E-state index is 0. The van der Waals surface area contributed by atoms with E-state index < -0.39 is 0 Å². The molecule has 0 bridgehead atoms. The molecule has 1 aliphatic rings. The van der Waals surface area contributed by atoms with Crippen LogP contribution in [0.15, 0.2) is 34.9 Å². The molecule has 23 heavy (non-hydrogen) atoms. The van der Waals surface area contributed by atoms with Gasteiger partial charge in [0.1, 0.15) is 0 Å². The summed E-state index contributed by atoms with van der Waals surface area (Å²) in [5.74, 6) is -0.0606. The molecular formula is C16H20BrClN4O. The van der Waals surface area contributed by atoms with Crippen molar-refractivity contribution in [3.63, 3.8) is 0 Å². The summed E-state index contributed by atoms with van der Waals surface area (Å²) in [7, 11) is 0. The SMILES string of the molecule is Cc1c(C(=O)NCC2CCCN2)cnn1-c1ccc(Br)cc1.Cl. The fraction of sp³-hybridized carbons (Fsp3) is 0.375. The average Bonchev–Trinajstić information content (AvgIpc) is 3.15. The Morgan fingerprint density at radius 1 is 1.43 bits per heavy atom. The Hall–Kier alpha value is -1.37. The molecule has 2 N–H and O–H groups in total. The molecule has 0 aliphatic carbocycles. The molecule has 3 rings (SSSR count). The lowest BCUT2D eigenvalue weighted by atomic mass is 10.2. The van der Waals surface area contributed by atoms with Crippen molar-refractivity contribution in [1.29, 1.82) is 0 Å². The predicted octanol–water partition coefficient (Wildman–Crippen LogP) is 2.85. The van der Waals surface area contributed by atoms with Crippen LogP contribution in [0.4, 0.5) is 0 Å². The summed E-state index contributed by atoms with van der Waals surface area (Å²) in [4.78, 5) is 12.3. The third-order valence-corrected chi connectivity index (χ3v) is 4.53. The summed E-state index contributed by atoms with van der Waals surface area (Å²) in [5.41, 5.74) is 2.41. The monoisotopic (exact) mass is 398 g/mol. The molecule has 1 aromatic heterocycles. The van der Waals surface area contributed by atoms with Crippen molar-refractivity contribution in [3.05, 3.63) is 46.2 Å². The lowest BCUT2D eigenvalue weighted by Crippen LogP contribution is -2.37. The second kappa shape index (κ2) is 7.95. The van der Waals surface area contributed by atoms with Crippen molar-refractivity contribution >= 4 is 34.2 Å². The van der Waals surface area contributed by atoms with Crippen LogP contribution in [0.1, 0.15) is 28.9 Å². The number of nitrogens with zero attached hydrogens (tertiary/aromatic N) is 2. The Morgan fingerprint density at radius 3 is 2.83 bits per heavy atom. The highest BCUT2D eigenvalue weighted by atomic mass is 79.9. The molecule has 1 atom stereocenters. The first-order valence-electron chi connectivity index (χ1n) is 7.47. The van der Waals surface area contributed by atoms with Crippen LogP contribution in [0.25, 0.3) is 5.69 Å². The quantitative estimate of drug-likeness (QED) is 0.831. The van der Waals surface area contributed by atoms with Crippen molar-refractivity contribution in [1.82, 2.24) is 20.4 Å². The number of nitrogens with one attached hydrogen (secondary N) is 2. The van der Waals surface area contributed by atoms with Crippen molar-refractivity contribution in [2.75, 3.05) is 13.1 Å². The fourth-order valence-corrected chi connectivity index (χ4v) is 2.98. The van der Waals surface area contributed by atoms with E-state index in [1.165, 1.54) is 6.42 Å². The van der Waals surface area contributed by atoms with E-state index in [1.54, 1.807) is 10.9 Å². The number of carbonyl (C=O) groups is 1. The molecule has 2 heterocycles. The van der Waals surface area contributed by atoms with Crippen molar-refractivity contribution in [3.8, 4) is 5.69 Å². The van der Waals surface area contributed by atoms with Crippen LogP contribution >= 0.6 is 28.3 Å². The molecule has 1 unspecified atom stereocenters. The number of aromatic nitrogens is 2. The van der Waals surface area contributed by atoms with Crippen LogP contribution in [-0.2, 0) is 0 Å². The van der Waals surface area contributed by atoms with Gasteiger partial charge in [0.2, 0.25) is 0 Å². The molecule has 2 aromatic rings. The van der Waals surface area contributed by atoms with E-state index in [0.717, 1.165) is 28.8 Å². The van der Waals surface area contributed by atoms with Gasteiger partial charge in [0.15, 0.2) is 0 Å². The Kier molecular flexibility index (Phi) is 6.21. The zero-order valence-corrected chi connectivity index (χ0v) is 15.3. The first kappa shape index (κ1) is 18.0. The van der Waals surface area contributed by atoms with Gasteiger partial charge in [-0.25, -0.2) is 4.68 Å². The largest absolute Gasteiger partial charge is 0.350 e. The highest BCUT2D eigenvalue weighted by Gasteiger charge is 2.18. The maximum Gasteiger partial charge on any atom is 0.254 e. The summed E-state index contributed by atoms with van der Waals surface area (Å²) in [5, 5.41) is 10.7. The van der Waals surface area contributed by atoms with E-state index in [1.807, 2.05) is 31.2 Å². The van der Waals surface area contributed by atoms with Gasteiger partial charge in [0.05, 0.1) is 23.1 Å². The Morgan fingerprint density at radius 2 is 2.17 bits per heavy atom. The average molecular weight is 400 g/mol. The molecule has 0 spiro atoms. The van der Waals surface area contributed by atoms with Crippen molar-refractivity contribution < 1.29 is 4.79 Å². The third kappa shape index (κ3) is 4.13. The van der Waals surface area contributed by atoms with Gasteiger partial charge in [0, 0.05) is 17.1 Å². The molecular weight excluding hydrogens is 380 g/mol. The number of hydrogen-bond donors (Lipinski definition) is 2. The minimum atomic E-state index is -0.0606. The molecule has 5 nitrogen and oxygen atoms in total. The van der Waals surface area contributed by atoms with Gasteiger partial charge in [-0.3, -0.25) is 4.79 Å². The highest BCUT2D eigenvalue weighted by molar-refractivity contribution is 9.10. The number of carbonyl (C=O) groups excluding carboxylic acids is 1. The Labute approximate surface area is 150 Å². The van der Waals surface area contributed by atoms with Crippen LogP contribution < -0.4 is 10.6 Å². The van der Waals surface area contributed by atoms with Gasteiger partial charge < -0.3 is 10.6 Å². The lowest BCUT2D eigenvalue weighted by Gasteiger charge is -2.11. The number of amides is 1. The van der Waals surface area contributed by atoms with E-state index >= 15 is 0 Å². The summed E-state index contributed by atoms with van der Waals surface area (Å²) >= 11 is 3.42. The summed E-state index contributed by atoms with van der Waals surface area (Å²) in [6.07, 6.45) is 3.94. The maximum atomic E-state index is 12.3. The number of benzene rings is 1. The lowest BCUT2D eigenvalue weighted by molar-refractivity contribution is 0.0949. The van der Waals surface area contributed by atoms with Gasteiger partial charge in [-0.15, -0.1) is 12.4 Å². The zero-order chi connectivity index (χ0) is 15.5. The minimum Gasteiger partial charge on any atom is -0.350 e. The maximum absolute atomic E-state index is 12.3. The Balaban J connectivity index is 0.00000192.